The normalized spacial score (nSPS) is 14.2. The third kappa shape index (κ3) is 6.58. The molecule has 0 unspecified atom stereocenters. The van der Waals surface area contributed by atoms with Gasteiger partial charge in [0.25, 0.3) is 5.91 Å². The molecule has 1 fully saturated rings. The lowest BCUT2D eigenvalue weighted by Crippen LogP contribution is -2.48. The van der Waals surface area contributed by atoms with Crippen molar-refractivity contribution in [2.75, 3.05) is 43.9 Å². The second kappa shape index (κ2) is 11.4. The van der Waals surface area contributed by atoms with Gasteiger partial charge < -0.3 is 19.9 Å². The lowest BCUT2D eigenvalue weighted by Gasteiger charge is -2.32. The lowest BCUT2D eigenvalue weighted by molar-refractivity contribution is 0.102. The molecule has 0 atom stereocenters. The number of carbonyl (C=O) groups excluding carboxylic acids is 2. The number of nitrogens with zero attached hydrogens (tertiary/aromatic N) is 3. The molecule has 40 heavy (non-hydrogen) atoms. The fourth-order valence-corrected chi connectivity index (χ4v) is 4.57. The zero-order valence-corrected chi connectivity index (χ0v) is 23.4. The van der Waals surface area contributed by atoms with E-state index in [4.69, 9.17) is 4.74 Å². The second-order valence-corrected chi connectivity index (χ2v) is 11.2. The van der Waals surface area contributed by atoms with E-state index < -0.39 is 0 Å². The van der Waals surface area contributed by atoms with E-state index in [-0.39, 0.29) is 17.4 Å². The average Bonchev–Trinajstić information content (AvgIpc) is 2.93. The molecule has 5 rings (SSSR count). The highest BCUT2D eigenvalue weighted by Gasteiger charge is 2.19. The van der Waals surface area contributed by atoms with Gasteiger partial charge in [-0.15, -0.1) is 0 Å². The van der Waals surface area contributed by atoms with Gasteiger partial charge in [0.2, 0.25) is 0 Å². The fraction of sp³-hybridized carbons (Fsp3) is 0.281. The Bertz CT molecular complexity index is 1540. The summed E-state index contributed by atoms with van der Waals surface area (Å²) in [6.45, 7) is 9.49. The highest BCUT2D eigenvalue weighted by molar-refractivity contribution is 6.06. The summed E-state index contributed by atoms with van der Waals surface area (Å²) in [6, 6.07) is 22.6. The number of hydrogen-bond acceptors (Lipinski definition) is 5. The van der Waals surface area contributed by atoms with Crippen LogP contribution in [0.1, 0.15) is 36.7 Å². The summed E-state index contributed by atoms with van der Waals surface area (Å²) in [5.41, 5.74) is 2.47. The Balaban J connectivity index is 1.28. The summed E-state index contributed by atoms with van der Waals surface area (Å²) in [6.07, 6.45) is 1.60. The monoisotopic (exact) mass is 537 g/mol. The SMILES string of the molecule is CN1CCN(C(=O)Nc2cc(Oc3ccc4ccc(C(=O)Nc5cccc(C(C)(C)C)c5)cc4c3)ccn2)CC1. The molecule has 4 aromatic rings. The zero-order chi connectivity index (χ0) is 28.3. The molecule has 0 aliphatic carbocycles. The fourth-order valence-electron chi connectivity index (χ4n) is 4.57. The van der Waals surface area contributed by atoms with Crippen LogP contribution in [0.5, 0.6) is 11.5 Å². The second-order valence-electron chi connectivity index (χ2n) is 11.2. The van der Waals surface area contributed by atoms with Crippen molar-refractivity contribution in [3.8, 4) is 11.5 Å². The summed E-state index contributed by atoms with van der Waals surface area (Å²) in [4.78, 5) is 33.9. The predicted octanol–water partition coefficient (Wildman–Crippen LogP) is 6.36. The smallest absolute Gasteiger partial charge is 0.323 e. The maximum Gasteiger partial charge on any atom is 0.323 e. The minimum atomic E-state index is -0.172. The van der Waals surface area contributed by atoms with Gasteiger partial charge in [0.1, 0.15) is 17.3 Å². The minimum Gasteiger partial charge on any atom is -0.457 e. The standard InChI is InChI=1S/C32H35N5O3/c1-32(2,3)25-6-5-7-26(20-25)34-30(38)23-9-8-22-10-11-27(19-24(22)18-23)40-28-12-13-33-29(21-28)35-31(39)37-16-14-36(4)15-17-37/h5-13,18-21H,14-17H2,1-4H3,(H,34,38)(H,33,35,39). The summed E-state index contributed by atoms with van der Waals surface area (Å²) >= 11 is 0. The number of nitrogens with one attached hydrogen (secondary N) is 2. The van der Waals surface area contributed by atoms with Crippen molar-refractivity contribution in [1.29, 1.82) is 0 Å². The van der Waals surface area contributed by atoms with Crippen LogP contribution in [0.4, 0.5) is 16.3 Å². The predicted molar refractivity (Wildman–Crippen MR) is 159 cm³/mol. The molecule has 1 aliphatic heterocycles. The van der Waals surface area contributed by atoms with Crippen molar-refractivity contribution in [3.05, 3.63) is 90.1 Å². The number of pyridine rings is 1. The van der Waals surface area contributed by atoms with Gasteiger partial charge in [-0.1, -0.05) is 45.0 Å². The van der Waals surface area contributed by atoms with Crippen LogP contribution in [-0.4, -0.2) is 59.9 Å². The molecule has 206 valence electrons. The van der Waals surface area contributed by atoms with E-state index in [2.05, 4.69) is 47.4 Å². The van der Waals surface area contributed by atoms with Gasteiger partial charge >= 0.3 is 6.03 Å². The van der Waals surface area contributed by atoms with Gasteiger partial charge in [-0.05, 0) is 71.3 Å². The molecule has 2 heterocycles. The number of rotatable bonds is 5. The highest BCUT2D eigenvalue weighted by Crippen LogP contribution is 2.28. The van der Waals surface area contributed by atoms with Crippen LogP contribution in [0.2, 0.25) is 0 Å². The molecule has 1 aliphatic rings. The molecule has 0 bridgehead atoms. The number of anilines is 2. The Morgan fingerprint density at radius 3 is 2.35 bits per heavy atom. The first-order valence-electron chi connectivity index (χ1n) is 13.5. The van der Waals surface area contributed by atoms with Crippen LogP contribution in [0, 0.1) is 0 Å². The van der Waals surface area contributed by atoms with Crippen LogP contribution in [0.25, 0.3) is 10.8 Å². The number of urea groups is 1. The van der Waals surface area contributed by atoms with E-state index in [1.54, 1.807) is 23.2 Å². The molecule has 3 amide bonds. The van der Waals surface area contributed by atoms with E-state index in [1.165, 1.54) is 0 Å². The molecule has 0 radical (unpaired) electrons. The molecule has 2 N–H and O–H groups in total. The number of ether oxygens (including phenoxy) is 1. The molecular formula is C32H35N5O3. The molecule has 3 aromatic carbocycles. The maximum absolute atomic E-state index is 13.1. The van der Waals surface area contributed by atoms with Crippen molar-refractivity contribution in [3.63, 3.8) is 0 Å². The van der Waals surface area contributed by atoms with Crippen LogP contribution < -0.4 is 15.4 Å². The number of piperazine rings is 1. The highest BCUT2D eigenvalue weighted by atomic mass is 16.5. The minimum absolute atomic E-state index is 0.00807. The summed E-state index contributed by atoms with van der Waals surface area (Å²) in [5, 5.41) is 7.76. The van der Waals surface area contributed by atoms with Crippen LogP contribution in [0.15, 0.2) is 79.0 Å². The van der Waals surface area contributed by atoms with E-state index in [9.17, 15) is 9.59 Å². The number of amides is 3. The largest absolute Gasteiger partial charge is 0.457 e. The average molecular weight is 538 g/mol. The topological polar surface area (TPSA) is 86.8 Å². The van der Waals surface area contributed by atoms with Crippen molar-refractivity contribution in [2.24, 2.45) is 0 Å². The summed E-state index contributed by atoms with van der Waals surface area (Å²) in [5.74, 6) is 1.42. The lowest BCUT2D eigenvalue weighted by atomic mass is 9.87. The Morgan fingerprint density at radius 1 is 0.825 bits per heavy atom. The van der Waals surface area contributed by atoms with Crippen LogP contribution in [0.3, 0.4) is 0 Å². The van der Waals surface area contributed by atoms with Gasteiger partial charge in [0, 0.05) is 49.7 Å². The maximum atomic E-state index is 13.1. The van der Waals surface area contributed by atoms with E-state index in [1.807, 2.05) is 61.6 Å². The zero-order valence-electron chi connectivity index (χ0n) is 23.4. The molecule has 1 aromatic heterocycles. The molecule has 1 saturated heterocycles. The first-order chi connectivity index (χ1) is 19.1. The Hall–Kier alpha value is -4.43. The third-order valence-electron chi connectivity index (χ3n) is 7.05. The van der Waals surface area contributed by atoms with Crippen LogP contribution in [-0.2, 0) is 5.41 Å². The number of hydrogen-bond donors (Lipinski definition) is 2. The van der Waals surface area contributed by atoms with E-state index in [0.29, 0.717) is 36.0 Å². The van der Waals surface area contributed by atoms with E-state index in [0.717, 1.165) is 35.1 Å². The molecule has 0 saturated carbocycles. The quantitative estimate of drug-likeness (QED) is 0.310. The van der Waals surface area contributed by atoms with Crippen LogP contribution >= 0.6 is 0 Å². The number of fused-ring (bicyclic) bond motifs is 1. The van der Waals surface area contributed by atoms with Crippen molar-refractivity contribution >= 4 is 34.2 Å². The number of aromatic nitrogens is 1. The van der Waals surface area contributed by atoms with Crippen molar-refractivity contribution in [1.82, 2.24) is 14.8 Å². The van der Waals surface area contributed by atoms with Gasteiger partial charge in [-0.3, -0.25) is 10.1 Å². The van der Waals surface area contributed by atoms with Crippen molar-refractivity contribution in [2.45, 2.75) is 26.2 Å². The van der Waals surface area contributed by atoms with Gasteiger partial charge in [0.05, 0.1) is 0 Å². The molecule has 8 heteroatoms. The third-order valence-corrected chi connectivity index (χ3v) is 7.05. The van der Waals surface area contributed by atoms with Gasteiger partial charge in [0.15, 0.2) is 0 Å². The Labute approximate surface area is 235 Å². The Morgan fingerprint density at radius 2 is 1.57 bits per heavy atom. The van der Waals surface area contributed by atoms with Gasteiger partial charge in [-0.2, -0.15) is 0 Å². The van der Waals surface area contributed by atoms with Gasteiger partial charge in [-0.25, -0.2) is 9.78 Å². The Kier molecular flexibility index (Phi) is 7.71. The number of carbonyl (C=O) groups is 2. The number of likely N-dealkylation sites (N-methyl/N-ethyl adjacent to an activating group) is 1. The van der Waals surface area contributed by atoms with Crippen molar-refractivity contribution < 1.29 is 14.3 Å². The first kappa shape index (κ1) is 27.1. The molecule has 0 spiro atoms. The molecule has 8 nitrogen and oxygen atoms in total. The summed E-state index contributed by atoms with van der Waals surface area (Å²) < 4.78 is 6.10. The van der Waals surface area contributed by atoms with E-state index >= 15 is 0 Å². The molecular weight excluding hydrogens is 502 g/mol. The number of benzene rings is 3. The first-order valence-corrected chi connectivity index (χ1v) is 13.5. The summed E-state index contributed by atoms with van der Waals surface area (Å²) in [7, 11) is 2.05.